The van der Waals surface area contributed by atoms with Crippen molar-refractivity contribution in [3.63, 3.8) is 0 Å². The summed E-state index contributed by atoms with van der Waals surface area (Å²) < 4.78 is 9.78. The first-order chi connectivity index (χ1) is 12.7. The van der Waals surface area contributed by atoms with E-state index in [9.17, 15) is 4.79 Å². The average molecular weight is 391 g/mol. The highest BCUT2D eigenvalue weighted by atomic mass is 32.1. The van der Waals surface area contributed by atoms with Gasteiger partial charge in [0.25, 0.3) is 0 Å². The predicted molar refractivity (Wildman–Crippen MR) is 111 cm³/mol. The molecule has 0 aliphatic carbocycles. The Morgan fingerprint density at radius 3 is 2.70 bits per heavy atom. The molecule has 0 spiro atoms. The van der Waals surface area contributed by atoms with Gasteiger partial charge in [-0.2, -0.15) is 4.37 Å². The summed E-state index contributed by atoms with van der Waals surface area (Å²) in [5.74, 6) is 1.67. The predicted octanol–water partition coefficient (Wildman–Crippen LogP) is 3.66. The van der Waals surface area contributed by atoms with Crippen molar-refractivity contribution in [1.29, 1.82) is 0 Å². The lowest BCUT2D eigenvalue weighted by molar-refractivity contribution is -0.122. The van der Waals surface area contributed by atoms with Gasteiger partial charge in [-0.05, 0) is 52.3 Å². The molecule has 2 aromatic rings. The Hall–Kier alpha value is -2.15. The first-order valence-corrected chi connectivity index (χ1v) is 9.98. The minimum Gasteiger partial charge on any atom is -0.497 e. The number of benzene rings is 1. The minimum absolute atomic E-state index is 0.0502. The maximum atomic E-state index is 12.1. The molecule has 0 saturated heterocycles. The molecule has 148 valence electrons. The molecule has 0 bridgehead atoms. The fraction of sp³-hybridized carbons (Fsp3) is 0.550. The number of methoxy groups -OCH3 is 1. The SMILES string of the molecule is COc1cccc(Cc2nsc(N(CCC(=O)NC(C)(C)C)C(C)C)n2)c1. The topological polar surface area (TPSA) is 67.3 Å². The Morgan fingerprint density at radius 1 is 1.33 bits per heavy atom. The van der Waals surface area contributed by atoms with Crippen LogP contribution in [0.25, 0.3) is 0 Å². The number of nitrogens with zero attached hydrogens (tertiary/aromatic N) is 3. The second-order valence-electron chi connectivity index (χ2n) is 7.86. The highest BCUT2D eigenvalue weighted by Gasteiger charge is 2.19. The lowest BCUT2D eigenvalue weighted by Crippen LogP contribution is -2.42. The molecule has 0 radical (unpaired) electrons. The van der Waals surface area contributed by atoms with E-state index in [4.69, 9.17) is 9.72 Å². The van der Waals surface area contributed by atoms with E-state index in [0.29, 0.717) is 19.4 Å². The molecule has 0 unspecified atom stereocenters. The number of amides is 1. The van der Waals surface area contributed by atoms with Gasteiger partial charge < -0.3 is 15.0 Å². The number of carbonyl (C=O) groups excluding carboxylic acids is 1. The molecule has 1 aromatic carbocycles. The van der Waals surface area contributed by atoms with E-state index in [-0.39, 0.29) is 17.5 Å². The lowest BCUT2D eigenvalue weighted by Gasteiger charge is -2.26. The van der Waals surface area contributed by atoms with Gasteiger partial charge in [-0.3, -0.25) is 4.79 Å². The maximum Gasteiger partial charge on any atom is 0.222 e. The molecule has 1 N–H and O–H groups in total. The van der Waals surface area contributed by atoms with Gasteiger partial charge in [0.15, 0.2) is 0 Å². The fourth-order valence-electron chi connectivity index (χ4n) is 2.68. The zero-order chi connectivity index (χ0) is 20.0. The molecule has 1 aromatic heterocycles. The van der Waals surface area contributed by atoms with Crippen LogP contribution < -0.4 is 15.0 Å². The van der Waals surface area contributed by atoms with Crippen LogP contribution in [0.4, 0.5) is 5.13 Å². The summed E-state index contributed by atoms with van der Waals surface area (Å²) in [4.78, 5) is 19.0. The summed E-state index contributed by atoms with van der Waals surface area (Å²) >= 11 is 1.38. The van der Waals surface area contributed by atoms with E-state index in [2.05, 4.69) is 28.4 Å². The van der Waals surface area contributed by atoms with E-state index >= 15 is 0 Å². The number of carbonyl (C=O) groups is 1. The molecule has 0 atom stereocenters. The molecular formula is C20H30N4O2S. The zero-order valence-corrected chi connectivity index (χ0v) is 17.9. The Bertz CT molecular complexity index is 752. The van der Waals surface area contributed by atoms with Crippen molar-refractivity contribution in [2.24, 2.45) is 0 Å². The van der Waals surface area contributed by atoms with Crippen LogP contribution in [0.2, 0.25) is 0 Å². The van der Waals surface area contributed by atoms with Crippen molar-refractivity contribution >= 4 is 22.6 Å². The van der Waals surface area contributed by atoms with Gasteiger partial charge in [0.05, 0.1) is 7.11 Å². The van der Waals surface area contributed by atoms with E-state index in [1.54, 1.807) is 7.11 Å². The van der Waals surface area contributed by atoms with Crippen LogP contribution in [0, 0.1) is 0 Å². The number of anilines is 1. The van der Waals surface area contributed by atoms with Crippen LogP contribution in [0.5, 0.6) is 5.75 Å². The second kappa shape index (κ2) is 9.17. The van der Waals surface area contributed by atoms with Crippen LogP contribution in [0.3, 0.4) is 0 Å². The monoisotopic (exact) mass is 390 g/mol. The Labute approximate surface area is 166 Å². The van der Waals surface area contributed by atoms with Gasteiger partial charge in [-0.25, -0.2) is 4.98 Å². The van der Waals surface area contributed by atoms with Crippen molar-refractivity contribution in [2.45, 2.75) is 59.0 Å². The molecule has 0 saturated carbocycles. The summed E-state index contributed by atoms with van der Waals surface area (Å²) in [5, 5.41) is 3.86. The van der Waals surface area contributed by atoms with Crippen LogP contribution >= 0.6 is 11.5 Å². The molecule has 6 nitrogen and oxygen atoms in total. The van der Waals surface area contributed by atoms with Crippen molar-refractivity contribution in [1.82, 2.24) is 14.7 Å². The number of aromatic nitrogens is 2. The summed E-state index contributed by atoms with van der Waals surface area (Å²) in [6, 6.07) is 8.17. The van der Waals surface area contributed by atoms with Crippen LogP contribution in [-0.4, -0.2) is 40.5 Å². The van der Waals surface area contributed by atoms with E-state index in [1.807, 2.05) is 45.0 Å². The maximum absolute atomic E-state index is 12.1. The zero-order valence-electron chi connectivity index (χ0n) is 17.1. The largest absolute Gasteiger partial charge is 0.497 e. The fourth-order valence-corrected chi connectivity index (χ4v) is 3.52. The van der Waals surface area contributed by atoms with Gasteiger partial charge in [-0.1, -0.05) is 12.1 Å². The van der Waals surface area contributed by atoms with E-state index in [0.717, 1.165) is 22.3 Å². The molecule has 1 amide bonds. The summed E-state index contributed by atoms with van der Waals surface area (Å²) in [6.45, 7) is 10.8. The minimum atomic E-state index is -0.216. The quantitative estimate of drug-likeness (QED) is 0.745. The van der Waals surface area contributed by atoms with Crippen molar-refractivity contribution < 1.29 is 9.53 Å². The number of hydrogen-bond acceptors (Lipinski definition) is 6. The summed E-state index contributed by atoms with van der Waals surface area (Å²) in [7, 11) is 1.66. The Balaban J connectivity index is 2.02. The molecule has 0 fully saturated rings. The van der Waals surface area contributed by atoms with Gasteiger partial charge in [0, 0.05) is 42.5 Å². The molecule has 27 heavy (non-hydrogen) atoms. The van der Waals surface area contributed by atoms with Crippen molar-refractivity contribution in [3.8, 4) is 5.75 Å². The van der Waals surface area contributed by atoms with Crippen LogP contribution in [-0.2, 0) is 11.2 Å². The summed E-state index contributed by atoms with van der Waals surface area (Å²) in [5.41, 5.74) is 0.895. The number of hydrogen-bond donors (Lipinski definition) is 1. The van der Waals surface area contributed by atoms with Gasteiger partial charge in [0.2, 0.25) is 11.0 Å². The molecule has 0 aliphatic heterocycles. The normalized spacial score (nSPS) is 11.5. The van der Waals surface area contributed by atoms with Gasteiger partial charge in [0.1, 0.15) is 11.6 Å². The van der Waals surface area contributed by atoms with Crippen molar-refractivity contribution in [3.05, 3.63) is 35.7 Å². The second-order valence-corrected chi connectivity index (χ2v) is 8.59. The number of rotatable bonds is 8. The number of ether oxygens (including phenoxy) is 1. The average Bonchev–Trinajstić information content (AvgIpc) is 3.01. The lowest BCUT2D eigenvalue weighted by atomic mass is 10.1. The summed E-state index contributed by atoms with van der Waals surface area (Å²) in [6.07, 6.45) is 1.09. The Kier molecular flexibility index (Phi) is 7.18. The van der Waals surface area contributed by atoms with Crippen LogP contribution in [0.1, 0.15) is 52.4 Å². The molecule has 7 heteroatoms. The van der Waals surface area contributed by atoms with Gasteiger partial charge >= 0.3 is 0 Å². The van der Waals surface area contributed by atoms with Crippen molar-refractivity contribution in [2.75, 3.05) is 18.6 Å². The molecular weight excluding hydrogens is 360 g/mol. The number of nitrogens with one attached hydrogen (secondary N) is 1. The van der Waals surface area contributed by atoms with E-state index in [1.165, 1.54) is 11.5 Å². The Morgan fingerprint density at radius 2 is 2.07 bits per heavy atom. The molecule has 0 aliphatic rings. The third kappa shape index (κ3) is 6.82. The molecule has 2 rings (SSSR count). The first-order valence-electron chi connectivity index (χ1n) is 9.21. The standard InChI is InChI=1S/C20H30N4O2S/c1-14(2)24(11-10-18(25)22-20(3,4)5)19-21-17(23-27-19)13-15-8-7-9-16(12-15)26-6/h7-9,12,14H,10-11,13H2,1-6H3,(H,22,25). The molecule has 1 heterocycles. The van der Waals surface area contributed by atoms with Crippen LogP contribution in [0.15, 0.2) is 24.3 Å². The third-order valence-electron chi connectivity index (χ3n) is 3.92. The van der Waals surface area contributed by atoms with Gasteiger partial charge in [-0.15, -0.1) is 0 Å². The first kappa shape index (κ1) is 21.2. The van der Waals surface area contributed by atoms with E-state index < -0.39 is 0 Å². The highest BCUT2D eigenvalue weighted by Crippen LogP contribution is 2.22. The smallest absolute Gasteiger partial charge is 0.222 e. The third-order valence-corrected chi connectivity index (χ3v) is 4.71. The highest BCUT2D eigenvalue weighted by molar-refractivity contribution is 7.09.